The predicted octanol–water partition coefficient (Wildman–Crippen LogP) is 3.04. The zero-order valence-corrected chi connectivity index (χ0v) is 14.2. The minimum atomic E-state index is 0.497. The molecule has 0 radical (unpaired) electrons. The highest BCUT2D eigenvalue weighted by Crippen LogP contribution is 2.16. The number of guanidine groups is 1. The highest BCUT2D eigenvalue weighted by Gasteiger charge is 2.12. The number of nitrogens with two attached hydrogens (primary N) is 1. The smallest absolute Gasteiger partial charge is 0.188 e. The summed E-state index contributed by atoms with van der Waals surface area (Å²) in [5, 5.41) is 7.79. The van der Waals surface area contributed by atoms with Crippen molar-refractivity contribution in [1.82, 2.24) is 15.1 Å². The summed E-state index contributed by atoms with van der Waals surface area (Å²) >= 11 is 0. The number of benzene rings is 1. The van der Waals surface area contributed by atoms with Gasteiger partial charge in [0.1, 0.15) is 0 Å². The molecule has 1 aromatic heterocycles. The van der Waals surface area contributed by atoms with Crippen LogP contribution in [-0.4, -0.2) is 28.3 Å². The summed E-state index contributed by atoms with van der Waals surface area (Å²) in [6.45, 7) is 0.687. The molecule has 3 rings (SSSR count). The van der Waals surface area contributed by atoms with E-state index in [-0.39, 0.29) is 0 Å². The number of rotatable bonds is 5. The summed E-state index contributed by atoms with van der Waals surface area (Å²) in [5.74, 6) is 0.581. The molecule has 0 aliphatic heterocycles. The normalized spacial score (nSPS) is 16.8. The van der Waals surface area contributed by atoms with Crippen LogP contribution in [-0.2, 0) is 6.42 Å². The SMILES string of the molecule is NC(=NCCc1cnn(-c2ccccc2)c1)NC1CCCCCC1. The van der Waals surface area contributed by atoms with E-state index in [1.807, 2.05) is 41.2 Å². The van der Waals surface area contributed by atoms with Crippen molar-refractivity contribution < 1.29 is 0 Å². The van der Waals surface area contributed by atoms with Crippen molar-refractivity contribution in [2.24, 2.45) is 10.7 Å². The molecule has 3 N–H and O–H groups in total. The van der Waals surface area contributed by atoms with E-state index < -0.39 is 0 Å². The molecule has 24 heavy (non-hydrogen) atoms. The Kier molecular flexibility index (Phi) is 5.88. The van der Waals surface area contributed by atoms with Gasteiger partial charge in [0.2, 0.25) is 0 Å². The van der Waals surface area contributed by atoms with E-state index in [9.17, 15) is 0 Å². The third kappa shape index (κ3) is 4.85. The second-order valence-electron chi connectivity index (χ2n) is 6.48. The van der Waals surface area contributed by atoms with E-state index in [0.29, 0.717) is 18.5 Å². The van der Waals surface area contributed by atoms with Gasteiger partial charge in [-0.2, -0.15) is 5.10 Å². The molecule has 0 spiro atoms. The number of hydrogen-bond donors (Lipinski definition) is 2. The van der Waals surface area contributed by atoms with Gasteiger partial charge in [-0.1, -0.05) is 43.9 Å². The van der Waals surface area contributed by atoms with Crippen molar-refractivity contribution >= 4 is 5.96 Å². The first-order valence-corrected chi connectivity index (χ1v) is 8.97. The summed E-state index contributed by atoms with van der Waals surface area (Å²) in [4.78, 5) is 4.47. The van der Waals surface area contributed by atoms with Crippen molar-refractivity contribution in [1.29, 1.82) is 0 Å². The molecule has 128 valence electrons. The van der Waals surface area contributed by atoms with Gasteiger partial charge in [-0.25, -0.2) is 4.68 Å². The van der Waals surface area contributed by atoms with Crippen molar-refractivity contribution in [2.45, 2.75) is 51.0 Å². The third-order valence-corrected chi connectivity index (χ3v) is 4.55. The fourth-order valence-electron chi connectivity index (χ4n) is 3.20. The summed E-state index contributed by atoms with van der Waals surface area (Å²) in [7, 11) is 0. The highest BCUT2D eigenvalue weighted by molar-refractivity contribution is 5.78. The van der Waals surface area contributed by atoms with E-state index in [2.05, 4.69) is 21.6 Å². The predicted molar refractivity (Wildman–Crippen MR) is 98.4 cm³/mol. The number of aliphatic imine (C=N–C) groups is 1. The molecule has 1 fully saturated rings. The monoisotopic (exact) mass is 325 g/mol. The molecule has 5 heteroatoms. The molecule has 1 aliphatic carbocycles. The van der Waals surface area contributed by atoms with Crippen LogP contribution < -0.4 is 11.1 Å². The lowest BCUT2D eigenvalue weighted by atomic mass is 10.1. The topological polar surface area (TPSA) is 68.2 Å². The van der Waals surface area contributed by atoms with Crippen LogP contribution in [0.25, 0.3) is 5.69 Å². The quantitative estimate of drug-likeness (QED) is 0.504. The molecule has 5 nitrogen and oxygen atoms in total. The van der Waals surface area contributed by atoms with Gasteiger partial charge in [0, 0.05) is 18.8 Å². The van der Waals surface area contributed by atoms with Crippen LogP contribution >= 0.6 is 0 Å². The lowest BCUT2D eigenvalue weighted by molar-refractivity contribution is 0.530. The van der Waals surface area contributed by atoms with Gasteiger partial charge in [-0.15, -0.1) is 0 Å². The number of nitrogens with zero attached hydrogens (tertiary/aromatic N) is 3. The van der Waals surface area contributed by atoms with Gasteiger partial charge in [0.05, 0.1) is 11.9 Å². The Morgan fingerprint density at radius 3 is 2.67 bits per heavy atom. The Labute approximate surface area is 144 Å². The average Bonchev–Trinajstić information content (AvgIpc) is 2.93. The molecule has 1 saturated carbocycles. The molecule has 0 amide bonds. The summed E-state index contributed by atoms with van der Waals surface area (Å²) in [6, 6.07) is 10.6. The summed E-state index contributed by atoms with van der Waals surface area (Å²) < 4.78 is 1.90. The Bertz CT molecular complexity index is 639. The zero-order chi connectivity index (χ0) is 16.6. The van der Waals surface area contributed by atoms with Crippen LogP contribution in [0.4, 0.5) is 0 Å². The Morgan fingerprint density at radius 2 is 1.92 bits per heavy atom. The van der Waals surface area contributed by atoms with E-state index in [1.54, 1.807) is 0 Å². The maximum absolute atomic E-state index is 6.03. The van der Waals surface area contributed by atoms with E-state index >= 15 is 0 Å². The lowest BCUT2D eigenvalue weighted by Gasteiger charge is -2.16. The number of para-hydroxylation sites is 1. The van der Waals surface area contributed by atoms with E-state index in [4.69, 9.17) is 5.73 Å². The third-order valence-electron chi connectivity index (χ3n) is 4.55. The van der Waals surface area contributed by atoms with Gasteiger partial charge < -0.3 is 11.1 Å². The van der Waals surface area contributed by atoms with Crippen molar-refractivity contribution in [3.05, 3.63) is 48.3 Å². The van der Waals surface area contributed by atoms with E-state index in [0.717, 1.165) is 12.1 Å². The van der Waals surface area contributed by atoms with Crippen molar-refractivity contribution in [3.63, 3.8) is 0 Å². The van der Waals surface area contributed by atoms with Gasteiger partial charge in [0.25, 0.3) is 0 Å². The Hall–Kier alpha value is -2.30. The van der Waals surface area contributed by atoms with Gasteiger partial charge in [-0.05, 0) is 37.0 Å². The number of nitrogens with one attached hydrogen (secondary N) is 1. The number of aromatic nitrogens is 2. The zero-order valence-electron chi connectivity index (χ0n) is 14.2. The second-order valence-corrected chi connectivity index (χ2v) is 6.48. The van der Waals surface area contributed by atoms with Crippen LogP contribution in [0.2, 0.25) is 0 Å². The first-order valence-electron chi connectivity index (χ1n) is 8.97. The van der Waals surface area contributed by atoms with Gasteiger partial charge >= 0.3 is 0 Å². The summed E-state index contributed by atoms with van der Waals surface area (Å²) in [5.41, 5.74) is 8.28. The molecule has 1 aromatic carbocycles. The molecule has 0 bridgehead atoms. The van der Waals surface area contributed by atoms with Crippen LogP contribution in [0, 0.1) is 0 Å². The molecule has 1 heterocycles. The molecule has 1 aliphatic rings. The minimum Gasteiger partial charge on any atom is -0.370 e. The molecule has 0 saturated heterocycles. The molecular weight excluding hydrogens is 298 g/mol. The Morgan fingerprint density at radius 1 is 1.17 bits per heavy atom. The minimum absolute atomic E-state index is 0.497. The fraction of sp³-hybridized carbons (Fsp3) is 0.474. The standard InChI is InChI=1S/C19H27N5/c20-19(23-17-8-4-1-2-5-9-17)21-13-12-16-14-22-24(15-16)18-10-6-3-7-11-18/h3,6-7,10-11,14-15,17H,1-2,4-5,8-9,12-13H2,(H3,20,21,23). The van der Waals surface area contributed by atoms with E-state index in [1.165, 1.54) is 44.1 Å². The Balaban J connectivity index is 1.48. The molecular formula is C19H27N5. The van der Waals surface area contributed by atoms with Crippen LogP contribution in [0.5, 0.6) is 0 Å². The van der Waals surface area contributed by atoms with Crippen LogP contribution in [0.15, 0.2) is 47.7 Å². The summed E-state index contributed by atoms with van der Waals surface area (Å²) in [6.07, 6.45) is 12.5. The second kappa shape index (κ2) is 8.52. The largest absolute Gasteiger partial charge is 0.370 e. The lowest BCUT2D eigenvalue weighted by Crippen LogP contribution is -2.40. The highest BCUT2D eigenvalue weighted by atomic mass is 15.3. The first-order chi connectivity index (χ1) is 11.8. The molecule has 0 unspecified atom stereocenters. The maximum Gasteiger partial charge on any atom is 0.188 e. The van der Waals surface area contributed by atoms with Crippen LogP contribution in [0.3, 0.4) is 0 Å². The van der Waals surface area contributed by atoms with Crippen molar-refractivity contribution in [2.75, 3.05) is 6.54 Å². The van der Waals surface area contributed by atoms with Crippen molar-refractivity contribution in [3.8, 4) is 5.69 Å². The number of hydrogen-bond acceptors (Lipinski definition) is 2. The molecule has 2 aromatic rings. The van der Waals surface area contributed by atoms with Gasteiger partial charge in [-0.3, -0.25) is 4.99 Å². The van der Waals surface area contributed by atoms with Gasteiger partial charge in [0.15, 0.2) is 5.96 Å². The van der Waals surface area contributed by atoms with Crippen LogP contribution in [0.1, 0.15) is 44.1 Å². The average molecular weight is 325 g/mol. The maximum atomic E-state index is 6.03. The molecule has 0 atom stereocenters. The fourth-order valence-corrected chi connectivity index (χ4v) is 3.20. The first kappa shape index (κ1) is 16.6.